The molecule has 1 aliphatic carbocycles. The van der Waals surface area contributed by atoms with E-state index in [4.69, 9.17) is 4.74 Å². The molecule has 20 heavy (non-hydrogen) atoms. The molecule has 1 fully saturated rings. The molecule has 2 unspecified atom stereocenters. The summed E-state index contributed by atoms with van der Waals surface area (Å²) < 4.78 is 28.8. The number of rotatable bonds is 3. The SMILES string of the molecule is CNC1CCCc2ccc(OC3CCS(=O)(=O)C3)cc21. The number of fused-ring (bicyclic) bond motifs is 1. The molecule has 1 N–H and O–H groups in total. The second kappa shape index (κ2) is 5.37. The normalized spacial score (nSPS) is 28.1. The lowest BCUT2D eigenvalue weighted by molar-refractivity contribution is 0.228. The fraction of sp³-hybridized carbons (Fsp3) is 0.600. The molecule has 1 aromatic rings. The van der Waals surface area contributed by atoms with E-state index in [0.717, 1.165) is 18.6 Å². The Morgan fingerprint density at radius 1 is 1.30 bits per heavy atom. The number of sulfone groups is 1. The highest BCUT2D eigenvalue weighted by Crippen LogP contribution is 2.33. The zero-order valence-electron chi connectivity index (χ0n) is 11.8. The highest BCUT2D eigenvalue weighted by molar-refractivity contribution is 7.91. The molecule has 4 nitrogen and oxygen atoms in total. The van der Waals surface area contributed by atoms with E-state index in [1.165, 1.54) is 17.5 Å². The lowest BCUT2D eigenvalue weighted by Crippen LogP contribution is -2.22. The second-order valence-corrected chi connectivity index (χ2v) is 7.97. The molecule has 1 aromatic carbocycles. The van der Waals surface area contributed by atoms with Crippen LogP contribution in [-0.2, 0) is 16.3 Å². The maximum atomic E-state index is 11.5. The number of hydrogen-bond donors (Lipinski definition) is 1. The Morgan fingerprint density at radius 2 is 2.15 bits per heavy atom. The molecule has 0 amide bonds. The van der Waals surface area contributed by atoms with Gasteiger partial charge in [0.25, 0.3) is 0 Å². The minimum atomic E-state index is -2.89. The van der Waals surface area contributed by atoms with E-state index in [2.05, 4.69) is 17.4 Å². The van der Waals surface area contributed by atoms with Crippen LogP contribution in [0.15, 0.2) is 18.2 Å². The first-order chi connectivity index (χ1) is 9.57. The third-order valence-electron chi connectivity index (χ3n) is 4.27. The van der Waals surface area contributed by atoms with E-state index >= 15 is 0 Å². The molecule has 0 spiro atoms. The summed E-state index contributed by atoms with van der Waals surface area (Å²) in [6.45, 7) is 0. The van der Waals surface area contributed by atoms with Crippen molar-refractivity contribution >= 4 is 9.84 Å². The van der Waals surface area contributed by atoms with Crippen molar-refractivity contribution in [3.05, 3.63) is 29.3 Å². The summed E-state index contributed by atoms with van der Waals surface area (Å²) in [4.78, 5) is 0. The van der Waals surface area contributed by atoms with E-state index in [9.17, 15) is 8.42 Å². The molecule has 2 aliphatic rings. The molecule has 2 atom stereocenters. The summed E-state index contributed by atoms with van der Waals surface area (Å²) in [6, 6.07) is 6.56. The molecule has 3 rings (SSSR count). The van der Waals surface area contributed by atoms with Crippen LogP contribution >= 0.6 is 0 Å². The standard InChI is InChI=1S/C15H21NO3S/c1-16-15-4-2-3-11-5-6-12(9-14(11)15)19-13-7-8-20(17,18)10-13/h5-6,9,13,15-16H,2-4,7-8,10H2,1H3. The molecular formula is C15H21NO3S. The Balaban J connectivity index is 1.78. The van der Waals surface area contributed by atoms with E-state index in [1.807, 2.05) is 13.1 Å². The largest absolute Gasteiger partial charge is 0.489 e. The van der Waals surface area contributed by atoms with E-state index in [-0.39, 0.29) is 17.6 Å². The molecule has 1 heterocycles. The van der Waals surface area contributed by atoms with Gasteiger partial charge in [-0.25, -0.2) is 8.42 Å². The number of ether oxygens (including phenoxy) is 1. The minimum absolute atomic E-state index is 0.152. The van der Waals surface area contributed by atoms with Gasteiger partial charge in [-0.3, -0.25) is 0 Å². The lowest BCUT2D eigenvalue weighted by atomic mass is 9.87. The Hall–Kier alpha value is -1.07. The van der Waals surface area contributed by atoms with Crippen molar-refractivity contribution in [3.8, 4) is 5.75 Å². The number of aryl methyl sites for hydroxylation is 1. The summed E-state index contributed by atoms with van der Waals surface area (Å²) in [5.41, 5.74) is 2.68. The average molecular weight is 295 g/mol. The van der Waals surface area contributed by atoms with Gasteiger partial charge >= 0.3 is 0 Å². The molecule has 0 radical (unpaired) electrons. The predicted molar refractivity (Wildman–Crippen MR) is 78.9 cm³/mol. The molecule has 0 bridgehead atoms. The number of benzene rings is 1. The quantitative estimate of drug-likeness (QED) is 0.924. The molecule has 110 valence electrons. The first-order valence-corrected chi connectivity index (χ1v) is 9.07. The van der Waals surface area contributed by atoms with Crippen molar-refractivity contribution in [2.45, 2.75) is 37.8 Å². The maximum Gasteiger partial charge on any atom is 0.154 e. The summed E-state index contributed by atoms with van der Waals surface area (Å²) >= 11 is 0. The minimum Gasteiger partial charge on any atom is -0.489 e. The Labute approximate surface area is 120 Å². The van der Waals surface area contributed by atoms with Crippen molar-refractivity contribution in [1.82, 2.24) is 5.32 Å². The first kappa shape index (κ1) is 13.9. The number of hydrogen-bond acceptors (Lipinski definition) is 4. The Bertz CT molecular complexity index is 597. The summed E-state index contributed by atoms with van der Waals surface area (Å²) in [7, 11) is -0.903. The van der Waals surface area contributed by atoms with Crippen LogP contribution in [0.1, 0.15) is 36.4 Å². The van der Waals surface area contributed by atoms with Crippen LogP contribution in [0, 0.1) is 0 Å². The highest BCUT2D eigenvalue weighted by atomic mass is 32.2. The van der Waals surface area contributed by atoms with Gasteiger partial charge in [0, 0.05) is 6.04 Å². The van der Waals surface area contributed by atoms with Crippen LogP contribution in [0.3, 0.4) is 0 Å². The predicted octanol–water partition coefficient (Wildman–Crippen LogP) is 1.85. The first-order valence-electron chi connectivity index (χ1n) is 7.24. The van der Waals surface area contributed by atoms with Crippen LogP contribution in [0.2, 0.25) is 0 Å². The van der Waals surface area contributed by atoms with Gasteiger partial charge in [0.05, 0.1) is 11.5 Å². The van der Waals surface area contributed by atoms with Crippen LogP contribution in [0.4, 0.5) is 0 Å². The van der Waals surface area contributed by atoms with Crippen molar-refractivity contribution in [1.29, 1.82) is 0 Å². The molecular weight excluding hydrogens is 274 g/mol. The van der Waals surface area contributed by atoms with Crippen molar-refractivity contribution in [2.24, 2.45) is 0 Å². The van der Waals surface area contributed by atoms with Gasteiger partial charge in [-0.05, 0) is 56.0 Å². The summed E-state index contributed by atoms with van der Waals surface area (Å²) in [5, 5.41) is 3.34. The molecule has 1 aliphatic heterocycles. The zero-order chi connectivity index (χ0) is 14.2. The van der Waals surface area contributed by atoms with E-state index in [1.54, 1.807) is 0 Å². The third-order valence-corrected chi connectivity index (χ3v) is 6.01. The average Bonchev–Trinajstić information content (AvgIpc) is 2.77. The van der Waals surface area contributed by atoms with Gasteiger partial charge in [-0.1, -0.05) is 6.07 Å². The van der Waals surface area contributed by atoms with Crippen LogP contribution in [0.25, 0.3) is 0 Å². The van der Waals surface area contributed by atoms with Crippen LogP contribution in [0.5, 0.6) is 5.75 Å². The monoisotopic (exact) mass is 295 g/mol. The number of nitrogens with one attached hydrogen (secondary N) is 1. The lowest BCUT2D eigenvalue weighted by Gasteiger charge is -2.26. The Morgan fingerprint density at radius 3 is 2.85 bits per heavy atom. The van der Waals surface area contributed by atoms with Gasteiger partial charge in [-0.15, -0.1) is 0 Å². The van der Waals surface area contributed by atoms with Gasteiger partial charge < -0.3 is 10.1 Å². The highest BCUT2D eigenvalue weighted by Gasteiger charge is 2.29. The van der Waals surface area contributed by atoms with Gasteiger partial charge in [0.15, 0.2) is 9.84 Å². The van der Waals surface area contributed by atoms with E-state index < -0.39 is 9.84 Å². The summed E-state index contributed by atoms with van der Waals surface area (Å²) in [5.74, 6) is 1.20. The molecule has 5 heteroatoms. The topological polar surface area (TPSA) is 55.4 Å². The van der Waals surface area contributed by atoms with Crippen LogP contribution < -0.4 is 10.1 Å². The van der Waals surface area contributed by atoms with Crippen molar-refractivity contribution in [2.75, 3.05) is 18.6 Å². The molecule has 0 saturated carbocycles. The zero-order valence-corrected chi connectivity index (χ0v) is 12.6. The third kappa shape index (κ3) is 2.83. The van der Waals surface area contributed by atoms with Crippen molar-refractivity contribution in [3.63, 3.8) is 0 Å². The van der Waals surface area contributed by atoms with Gasteiger partial charge in [0.1, 0.15) is 11.9 Å². The molecule has 0 aromatic heterocycles. The Kier molecular flexibility index (Phi) is 3.73. The van der Waals surface area contributed by atoms with Gasteiger partial charge in [-0.2, -0.15) is 0 Å². The van der Waals surface area contributed by atoms with Crippen LogP contribution in [-0.4, -0.2) is 33.1 Å². The molecule has 1 saturated heterocycles. The second-order valence-electron chi connectivity index (χ2n) is 5.74. The van der Waals surface area contributed by atoms with Crippen molar-refractivity contribution < 1.29 is 13.2 Å². The fourth-order valence-corrected chi connectivity index (χ4v) is 4.79. The maximum absolute atomic E-state index is 11.5. The van der Waals surface area contributed by atoms with Gasteiger partial charge in [0.2, 0.25) is 0 Å². The smallest absolute Gasteiger partial charge is 0.154 e. The summed E-state index contributed by atoms with van der Waals surface area (Å²) in [6.07, 6.45) is 3.89. The fourth-order valence-electron chi connectivity index (χ4n) is 3.20. The van der Waals surface area contributed by atoms with E-state index in [0.29, 0.717) is 12.5 Å².